The predicted octanol–water partition coefficient (Wildman–Crippen LogP) is 1.41. The van der Waals surface area contributed by atoms with E-state index in [1.807, 2.05) is 35.6 Å². The highest BCUT2D eigenvalue weighted by Gasteiger charge is 2.32. The van der Waals surface area contributed by atoms with Crippen LogP contribution in [0.4, 0.5) is 0 Å². The number of hydrogen-bond donors (Lipinski definition) is 1. The Labute approximate surface area is 114 Å². The summed E-state index contributed by atoms with van der Waals surface area (Å²) in [7, 11) is 1.97. The Bertz CT molecular complexity index is 466. The molecule has 2 fully saturated rings. The molecule has 1 N–H and O–H groups in total. The van der Waals surface area contributed by atoms with Gasteiger partial charge in [0.05, 0.1) is 0 Å². The molecule has 2 atom stereocenters. The first-order valence-corrected chi connectivity index (χ1v) is 7.29. The normalized spacial score (nSPS) is 27.2. The van der Waals surface area contributed by atoms with E-state index < -0.39 is 0 Å². The number of amides is 1. The Balaban J connectivity index is 1.72. The summed E-state index contributed by atoms with van der Waals surface area (Å²) in [5.41, 5.74) is 1.96. The second-order valence-corrected chi connectivity index (χ2v) is 5.97. The highest BCUT2D eigenvalue weighted by Crippen LogP contribution is 2.27. The van der Waals surface area contributed by atoms with Gasteiger partial charge in [-0.3, -0.25) is 4.79 Å². The van der Waals surface area contributed by atoms with Crippen molar-refractivity contribution in [3.63, 3.8) is 0 Å². The highest BCUT2D eigenvalue weighted by molar-refractivity contribution is 5.93. The molecule has 0 bridgehead atoms. The Hall–Kier alpha value is -1.29. The van der Waals surface area contributed by atoms with Crippen LogP contribution in [0.25, 0.3) is 0 Å². The van der Waals surface area contributed by atoms with Gasteiger partial charge in [0.1, 0.15) is 5.69 Å². The standard InChI is InChI=1S/C15H23N3O/c1-11-3-4-14(17(11)2)15(19)18-7-5-12-9-16-10-13(12)6-8-18/h3-4,12-13,16H,5-10H2,1-2H3/t12-,13+. The summed E-state index contributed by atoms with van der Waals surface area (Å²) in [6.07, 6.45) is 2.29. The molecule has 3 rings (SSSR count). The van der Waals surface area contributed by atoms with E-state index in [4.69, 9.17) is 0 Å². The minimum atomic E-state index is 0.198. The predicted molar refractivity (Wildman–Crippen MR) is 75.1 cm³/mol. The summed E-state index contributed by atoms with van der Waals surface area (Å²) >= 11 is 0. The first-order chi connectivity index (χ1) is 9.16. The van der Waals surface area contributed by atoms with E-state index in [1.54, 1.807) is 0 Å². The summed E-state index contributed by atoms with van der Waals surface area (Å²) in [6.45, 7) is 6.12. The monoisotopic (exact) mass is 261 g/mol. The zero-order valence-corrected chi connectivity index (χ0v) is 11.9. The van der Waals surface area contributed by atoms with Gasteiger partial charge in [-0.1, -0.05) is 0 Å². The van der Waals surface area contributed by atoms with Crippen LogP contribution in [-0.4, -0.2) is 41.6 Å². The SMILES string of the molecule is Cc1ccc(C(=O)N2CC[C@@H]3CNC[C@@H]3CC2)n1C. The van der Waals surface area contributed by atoms with Gasteiger partial charge in [-0.2, -0.15) is 0 Å². The number of aryl methyl sites for hydroxylation is 1. The molecule has 2 saturated heterocycles. The van der Waals surface area contributed by atoms with Crippen molar-refractivity contribution in [2.75, 3.05) is 26.2 Å². The van der Waals surface area contributed by atoms with Crippen LogP contribution >= 0.6 is 0 Å². The molecule has 0 aliphatic carbocycles. The van der Waals surface area contributed by atoms with Gasteiger partial charge in [0, 0.05) is 25.8 Å². The fourth-order valence-electron chi connectivity index (χ4n) is 3.41. The first kappa shape index (κ1) is 12.7. The minimum absolute atomic E-state index is 0.198. The number of aromatic nitrogens is 1. The lowest BCUT2D eigenvalue weighted by molar-refractivity contribution is 0.0748. The Kier molecular flexibility index (Phi) is 3.35. The molecule has 3 heterocycles. The number of carbonyl (C=O) groups excluding carboxylic acids is 1. The van der Waals surface area contributed by atoms with Gasteiger partial charge >= 0.3 is 0 Å². The molecule has 0 spiro atoms. The molecule has 4 nitrogen and oxygen atoms in total. The first-order valence-electron chi connectivity index (χ1n) is 7.29. The molecule has 0 saturated carbocycles. The molecule has 1 aromatic rings. The van der Waals surface area contributed by atoms with Crippen LogP contribution in [0, 0.1) is 18.8 Å². The van der Waals surface area contributed by atoms with Gasteiger partial charge in [0.25, 0.3) is 5.91 Å². The number of carbonyl (C=O) groups is 1. The lowest BCUT2D eigenvalue weighted by atomic mass is 9.92. The second kappa shape index (κ2) is 5.00. The quantitative estimate of drug-likeness (QED) is 0.830. The zero-order valence-electron chi connectivity index (χ0n) is 11.9. The third-order valence-electron chi connectivity index (χ3n) is 4.90. The van der Waals surface area contributed by atoms with Gasteiger partial charge in [-0.05, 0) is 56.8 Å². The van der Waals surface area contributed by atoms with Gasteiger partial charge in [0.2, 0.25) is 0 Å². The Morgan fingerprint density at radius 1 is 1.21 bits per heavy atom. The van der Waals surface area contributed by atoms with Crippen LogP contribution in [0.2, 0.25) is 0 Å². The van der Waals surface area contributed by atoms with Crippen molar-refractivity contribution >= 4 is 5.91 Å². The van der Waals surface area contributed by atoms with Gasteiger partial charge in [-0.25, -0.2) is 0 Å². The van der Waals surface area contributed by atoms with Gasteiger partial charge < -0.3 is 14.8 Å². The maximum Gasteiger partial charge on any atom is 0.270 e. The zero-order chi connectivity index (χ0) is 13.4. The summed E-state index contributed by atoms with van der Waals surface area (Å²) in [6, 6.07) is 3.97. The lowest BCUT2D eigenvalue weighted by Crippen LogP contribution is -2.34. The van der Waals surface area contributed by atoms with Crippen molar-refractivity contribution in [1.29, 1.82) is 0 Å². The molecule has 2 aliphatic rings. The van der Waals surface area contributed by atoms with E-state index in [2.05, 4.69) is 5.32 Å². The van der Waals surface area contributed by atoms with Crippen LogP contribution in [0.1, 0.15) is 29.0 Å². The van der Waals surface area contributed by atoms with E-state index in [-0.39, 0.29) is 5.91 Å². The summed E-state index contributed by atoms with van der Waals surface area (Å²) in [5.74, 6) is 1.74. The average molecular weight is 261 g/mol. The number of nitrogens with zero attached hydrogens (tertiary/aromatic N) is 2. The van der Waals surface area contributed by atoms with E-state index >= 15 is 0 Å². The number of likely N-dealkylation sites (tertiary alicyclic amines) is 1. The van der Waals surface area contributed by atoms with Gasteiger partial charge in [-0.15, -0.1) is 0 Å². The molecular formula is C15H23N3O. The molecule has 0 unspecified atom stereocenters. The Morgan fingerprint density at radius 3 is 2.37 bits per heavy atom. The van der Waals surface area contributed by atoms with Crippen molar-refractivity contribution in [3.8, 4) is 0 Å². The van der Waals surface area contributed by atoms with Crippen molar-refractivity contribution in [1.82, 2.24) is 14.8 Å². The van der Waals surface area contributed by atoms with Gasteiger partial charge in [0.15, 0.2) is 0 Å². The third-order valence-corrected chi connectivity index (χ3v) is 4.90. The lowest BCUT2D eigenvalue weighted by Gasteiger charge is -2.21. The van der Waals surface area contributed by atoms with Crippen molar-refractivity contribution in [2.45, 2.75) is 19.8 Å². The van der Waals surface area contributed by atoms with Crippen molar-refractivity contribution in [3.05, 3.63) is 23.5 Å². The minimum Gasteiger partial charge on any atom is -0.344 e. The van der Waals surface area contributed by atoms with E-state index in [9.17, 15) is 4.79 Å². The highest BCUT2D eigenvalue weighted by atomic mass is 16.2. The number of nitrogens with one attached hydrogen (secondary N) is 1. The molecular weight excluding hydrogens is 238 g/mol. The van der Waals surface area contributed by atoms with Crippen LogP contribution in [0.15, 0.2) is 12.1 Å². The Morgan fingerprint density at radius 2 is 1.84 bits per heavy atom. The summed E-state index contributed by atoms with van der Waals surface area (Å²) < 4.78 is 2.00. The van der Waals surface area contributed by atoms with Crippen molar-refractivity contribution < 1.29 is 4.79 Å². The van der Waals surface area contributed by atoms with Crippen LogP contribution in [0.5, 0.6) is 0 Å². The third kappa shape index (κ3) is 2.29. The molecule has 0 radical (unpaired) electrons. The summed E-state index contributed by atoms with van der Waals surface area (Å²) in [4.78, 5) is 14.6. The van der Waals surface area contributed by atoms with Crippen LogP contribution < -0.4 is 5.32 Å². The molecule has 104 valence electrons. The fraction of sp³-hybridized carbons (Fsp3) is 0.667. The number of fused-ring (bicyclic) bond motifs is 1. The molecule has 1 amide bonds. The smallest absolute Gasteiger partial charge is 0.270 e. The van der Waals surface area contributed by atoms with Crippen molar-refractivity contribution in [2.24, 2.45) is 18.9 Å². The van der Waals surface area contributed by atoms with Crippen LogP contribution in [-0.2, 0) is 7.05 Å². The topological polar surface area (TPSA) is 37.3 Å². The second-order valence-electron chi connectivity index (χ2n) is 5.97. The largest absolute Gasteiger partial charge is 0.344 e. The van der Waals surface area contributed by atoms with E-state index in [0.29, 0.717) is 0 Å². The molecule has 19 heavy (non-hydrogen) atoms. The maximum absolute atomic E-state index is 12.6. The molecule has 4 heteroatoms. The molecule has 0 aromatic carbocycles. The molecule has 2 aliphatic heterocycles. The average Bonchev–Trinajstić information content (AvgIpc) is 2.92. The molecule has 1 aromatic heterocycles. The van der Waals surface area contributed by atoms with E-state index in [1.165, 1.54) is 0 Å². The fourth-order valence-corrected chi connectivity index (χ4v) is 3.41. The maximum atomic E-state index is 12.6. The summed E-state index contributed by atoms with van der Waals surface area (Å²) in [5, 5.41) is 3.47. The van der Waals surface area contributed by atoms with Crippen LogP contribution in [0.3, 0.4) is 0 Å². The number of hydrogen-bond acceptors (Lipinski definition) is 2. The van der Waals surface area contributed by atoms with E-state index in [0.717, 1.165) is 62.2 Å². The number of rotatable bonds is 1.